The predicted molar refractivity (Wildman–Crippen MR) is 35.7 cm³/mol. The first-order valence-corrected chi connectivity index (χ1v) is 4.19. The van der Waals surface area contributed by atoms with Gasteiger partial charge in [0, 0.05) is 0 Å². The molecule has 4 N–H and O–H groups in total. The van der Waals surface area contributed by atoms with Crippen LogP contribution in [-0.2, 0) is 34.3 Å². The minimum absolute atomic E-state index is 0. The van der Waals surface area contributed by atoms with E-state index in [-0.39, 0.29) is 116 Å². The van der Waals surface area contributed by atoms with Crippen molar-refractivity contribution >= 4 is 34.3 Å². The van der Waals surface area contributed by atoms with Gasteiger partial charge < -0.3 is 13.5 Å². The van der Waals surface area contributed by atoms with Crippen LogP contribution in [0.1, 0.15) is 0 Å². The van der Waals surface area contributed by atoms with Crippen LogP contribution in [0.3, 0.4) is 0 Å². The summed E-state index contributed by atoms with van der Waals surface area (Å²) in [5.74, 6) is 0. The molecule has 0 unspecified atom stereocenters. The van der Waals surface area contributed by atoms with Crippen LogP contribution in [0.5, 0.6) is 0 Å². The summed E-state index contributed by atoms with van der Waals surface area (Å²) < 4.78 is 63.2. The van der Waals surface area contributed by atoms with Crippen molar-refractivity contribution in [2.75, 3.05) is 0 Å². The average molecular weight is 306 g/mol. The van der Waals surface area contributed by atoms with Crippen LogP contribution < -0.4 is 103 Å². The number of hydrogen-bond acceptors (Lipinski definition) is 4. The maximum atomic E-state index is 8.74. The van der Waals surface area contributed by atoms with Crippen LogP contribution in [0.4, 0.5) is 0 Å². The van der Waals surface area contributed by atoms with Crippen LogP contribution in [0.15, 0.2) is 0 Å². The van der Waals surface area contributed by atoms with E-state index in [9.17, 15) is 0 Å². The van der Waals surface area contributed by atoms with Gasteiger partial charge in [0.15, 0.2) is 0 Å². The molecule has 13 heavy (non-hydrogen) atoms. The second-order valence-electron chi connectivity index (χ2n) is 0.896. The van der Waals surface area contributed by atoms with Crippen molar-refractivity contribution in [3.63, 3.8) is 0 Å². The Morgan fingerprint density at radius 1 is 0.615 bits per heavy atom. The summed E-state index contributed by atoms with van der Waals surface area (Å²) in [5.41, 5.74) is 0. The maximum absolute atomic E-state index is 8.74. The SMILES string of the molecule is O=S(=O)(O)O.O=S(=O)(O)O.[K+].[K+].[S-2]. The zero-order chi connectivity index (χ0) is 9.00. The van der Waals surface area contributed by atoms with E-state index in [2.05, 4.69) is 0 Å². The van der Waals surface area contributed by atoms with Crippen molar-refractivity contribution in [3.8, 4) is 0 Å². The van der Waals surface area contributed by atoms with Gasteiger partial charge in [0.1, 0.15) is 0 Å². The van der Waals surface area contributed by atoms with E-state index in [1.54, 1.807) is 0 Å². The van der Waals surface area contributed by atoms with E-state index in [0.29, 0.717) is 0 Å². The minimum Gasteiger partial charge on any atom is -2.00 e. The fourth-order valence-corrected chi connectivity index (χ4v) is 0. The van der Waals surface area contributed by atoms with Gasteiger partial charge in [-0.25, -0.2) is 0 Å². The Bertz CT molecular complexity index is 214. The molecule has 0 aromatic rings. The Labute approximate surface area is 168 Å². The summed E-state index contributed by atoms with van der Waals surface area (Å²) in [4.78, 5) is 0. The third-order valence-corrected chi connectivity index (χ3v) is 0. The zero-order valence-corrected chi connectivity index (χ0v) is 15.3. The van der Waals surface area contributed by atoms with Crippen molar-refractivity contribution in [2.45, 2.75) is 0 Å². The number of hydrogen-bond donors (Lipinski definition) is 4. The molecule has 0 rings (SSSR count). The van der Waals surface area contributed by atoms with Gasteiger partial charge in [0.05, 0.1) is 0 Å². The molecular formula is H4K2O8S3. The summed E-state index contributed by atoms with van der Waals surface area (Å²) in [6.45, 7) is 0. The molecule has 0 bridgehead atoms. The van der Waals surface area contributed by atoms with Gasteiger partial charge in [-0.1, -0.05) is 0 Å². The van der Waals surface area contributed by atoms with Gasteiger partial charge in [0.25, 0.3) is 0 Å². The smallest absolute Gasteiger partial charge is 1.00 e. The van der Waals surface area contributed by atoms with Crippen LogP contribution >= 0.6 is 0 Å². The van der Waals surface area contributed by atoms with Crippen molar-refractivity contribution in [1.82, 2.24) is 0 Å². The Morgan fingerprint density at radius 3 is 0.615 bits per heavy atom. The van der Waals surface area contributed by atoms with E-state index in [4.69, 9.17) is 35.0 Å². The standard InChI is InChI=1S/2K.2H2O4S.S/c;;2*1-5(2,3)4;/h;;2*(H2,1,2,3,4);/q2*+1;;;-2. The third kappa shape index (κ3) is 243. The molecule has 0 saturated carbocycles. The van der Waals surface area contributed by atoms with Crippen molar-refractivity contribution in [3.05, 3.63) is 0 Å². The van der Waals surface area contributed by atoms with Crippen LogP contribution in [0.25, 0.3) is 0 Å². The van der Waals surface area contributed by atoms with E-state index >= 15 is 0 Å². The van der Waals surface area contributed by atoms with Gasteiger partial charge in [-0.05, 0) is 0 Å². The molecule has 0 heterocycles. The summed E-state index contributed by atoms with van der Waals surface area (Å²) in [5, 5.41) is 0. The van der Waals surface area contributed by atoms with Gasteiger partial charge in [0.2, 0.25) is 0 Å². The second-order valence-corrected chi connectivity index (χ2v) is 2.69. The molecule has 72 valence electrons. The normalized spacial score (nSPS) is 8.92. The molecule has 0 spiro atoms. The molecule has 0 radical (unpaired) electrons. The molecule has 0 aliphatic rings. The van der Waals surface area contributed by atoms with Gasteiger partial charge in [-0.15, -0.1) is 0 Å². The summed E-state index contributed by atoms with van der Waals surface area (Å²) in [7, 11) is -9.33. The van der Waals surface area contributed by atoms with Crippen LogP contribution in [0, 0.1) is 0 Å². The van der Waals surface area contributed by atoms with E-state index in [0.717, 1.165) is 0 Å². The first-order valence-electron chi connectivity index (χ1n) is 1.40. The maximum Gasteiger partial charge on any atom is 1.00 e. The Hall–Kier alpha value is 3.36. The predicted octanol–water partition coefficient (Wildman–Crippen LogP) is -7.30. The van der Waals surface area contributed by atoms with Crippen molar-refractivity contribution < 1.29 is 138 Å². The fraction of sp³-hybridized carbons (Fsp3) is 0. The van der Waals surface area contributed by atoms with Crippen molar-refractivity contribution in [1.29, 1.82) is 0 Å². The first kappa shape index (κ1) is 29.9. The second kappa shape index (κ2) is 13.4. The third-order valence-electron chi connectivity index (χ3n) is 0. The topological polar surface area (TPSA) is 149 Å². The van der Waals surface area contributed by atoms with Crippen LogP contribution in [-0.4, -0.2) is 35.0 Å². The molecule has 0 fully saturated rings. The largest absolute Gasteiger partial charge is 2.00 e. The molecule has 0 aromatic heterocycles. The van der Waals surface area contributed by atoms with E-state index in [1.807, 2.05) is 0 Å². The number of rotatable bonds is 0. The Kier molecular flexibility index (Phi) is 30.9. The van der Waals surface area contributed by atoms with Crippen LogP contribution in [0.2, 0.25) is 0 Å². The van der Waals surface area contributed by atoms with Gasteiger partial charge >= 0.3 is 124 Å². The fourth-order valence-electron chi connectivity index (χ4n) is 0. The molecule has 0 saturated heterocycles. The molecule has 8 nitrogen and oxygen atoms in total. The van der Waals surface area contributed by atoms with Gasteiger partial charge in [-0.2, -0.15) is 16.8 Å². The quantitative estimate of drug-likeness (QED) is 0.255. The molecule has 0 aliphatic carbocycles. The summed E-state index contributed by atoms with van der Waals surface area (Å²) in [6.07, 6.45) is 0. The zero-order valence-electron chi connectivity index (χ0n) is 6.65. The first-order chi connectivity index (χ1) is 4.00. The molecule has 0 aliphatic heterocycles. The molecule has 0 amide bonds. The summed E-state index contributed by atoms with van der Waals surface area (Å²) >= 11 is 0. The summed E-state index contributed by atoms with van der Waals surface area (Å²) in [6, 6.07) is 0. The van der Waals surface area contributed by atoms with Gasteiger partial charge in [-0.3, -0.25) is 18.2 Å². The monoisotopic (exact) mass is 306 g/mol. The molecular weight excluding hydrogens is 302 g/mol. The Balaban J connectivity index is -0.0000000267. The molecule has 0 atom stereocenters. The average Bonchev–Trinajstić information content (AvgIpc) is 1.12. The molecule has 13 heteroatoms. The minimum atomic E-state index is -4.67. The van der Waals surface area contributed by atoms with Crippen molar-refractivity contribution in [2.24, 2.45) is 0 Å². The Morgan fingerprint density at radius 2 is 0.615 bits per heavy atom. The van der Waals surface area contributed by atoms with E-state index < -0.39 is 20.8 Å². The molecule has 0 aromatic carbocycles. The van der Waals surface area contributed by atoms with E-state index in [1.165, 1.54) is 0 Å².